The fourth-order valence-electron chi connectivity index (χ4n) is 8.87. The van der Waals surface area contributed by atoms with Crippen molar-refractivity contribution in [1.82, 2.24) is 0 Å². The summed E-state index contributed by atoms with van der Waals surface area (Å²) in [6.45, 7) is 11.4. The highest BCUT2D eigenvalue weighted by molar-refractivity contribution is 5.71. The molecular weight excluding hydrogens is 793 g/mol. The molecule has 0 saturated carbocycles. The van der Waals surface area contributed by atoms with E-state index in [-0.39, 0.29) is 31.1 Å². The van der Waals surface area contributed by atoms with Crippen LogP contribution in [0.15, 0.2) is 0 Å². The molecule has 1 atom stereocenters. The Morgan fingerprint density at radius 2 is 0.516 bits per heavy atom. The average Bonchev–Trinajstić information content (AvgIpc) is 3.27. The molecule has 64 heavy (non-hydrogen) atoms. The van der Waals surface area contributed by atoms with Crippen LogP contribution in [0.3, 0.4) is 0 Å². The molecule has 0 rings (SSSR count). The molecule has 0 amide bonds. The predicted octanol–water partition coefficient (Wildman–Crippen LogP) is 18.9. The van der Waals surface area contributed by atoms with Crippen molar-refractivity contribution < 1.29 is 28.6 Å². The van der Waals surface area contributed by atoms with Crippen molar-refractivity contribution in [2.24, 2.45) is 11.8 Å². The number of carbonyl (C=O) groups is 3. The van der Waals surface area contributed by atoms with Gasteiger partial charge in [-0.15, -0.1) is 0 Å². The molecule has 0 fully saturated rings. The smallest absolute Gasteiger partial charge is 0.306 e. The number of hydrogen-bond acceptors (Lipinski definition) is 6. The first-order chi connectivity index (χ1) is 31.2. The van der Waals surface area contributed by atoms with Gasteiger partial charge in [-0.1, -0.05) is 285 Å². The number of hydrogen-bond donors (Lipinski definition) is 0. The van der Waals surface area contributed by atoms with Crippen molar-refractivity contribution in [1.29, 1.82) is 0 Å². The minimum atomic E-state index is -0.763. The highest BCUT2D eigenvalue weighted by atomic mass is 16.6. The first-order valence-electron chi connectivity index (χ1n) is 28.7. The third-order valence-corrected chi connectivity index (χ3v) is 13.2. The molecule has 0 aromatic rings. The van der Waals surface area contributed by atoms with E-state index in [2.05, 4.69) is 34.6 Å². The van der Waals surface area contributed by atoms with Crippen LogP contribution in [0.2, 0.25) is 0 Å². The second-order valence-corrected chi connectivity index (χ2v) is 20.9. The lowest BCUT2D eigenvalue weighted by Gasteiger charge is -2.18. The van der Waals surface area contributed by atoms with E-state index in [1.54, 1.807) is 0 Å². The molecule has 0 aliphatic carbocycles. The molecular formula is C58H112O6. The summed E-state index contributed by atoms with van der Waals surface area (Å²) in [5.41, 5.74) is 0. The summed E-state index contributed by atoms with van der Waals surface area (Å²) in [7, 11) is 0. The minimum absolute atomic E-state index is 0.0629. The molecule has 380 valence electrons. The third-order valence-electron chi connectivity index (χ3n) is 13.2. The van der Waals surface area contributed by atoms with Crippen molar-refractivity contribution >= 4 is 17.9 Å². The third kappa shape index (κ3) is 51.4. The Kier molecular flexibility index (Phi) is 49.6. The molecule has 0 radical (unpaired) electrons. The topological polar surface area (TPSA) is 78.9 Å². The highest BCUT2D eigenvalue weighted by Gasteiger charge is 2.19. The SMILES string of the molecule is CCCCCCCCCCCCCCCCCCCC(=O)O[C@H](COC(=O)CCCCCCCCCCCCCCCC(C)C)COC(=O)CCCCCCCCCCCCC(C)C. The van der Waals surface area contributed by atoms with Gasteiger partial charge in [0.15, 0.2) is 6.10 Å². The fourth-order valence-corrected chi connectivity index (χ4v) is 8.87. The van der Waals surface area contributed by atoms with Crippen LogP contribution in [0.25, 0.3) is 0 Å². The van der Waals surface area contributed by atoms with Gasteiger partial charge < -0.3 is 14.2 Å². The average molecular weight is 906 g/mol. The van der Waals surface area contributed by atoms with Crippen LogP contribution < -0.4 is 0 Å². The van der Waals surface area contributed by atoms with E-state index in [0.29, 0.717) is 19.3 Å². The Labute approximate surface area is 399 Å². The summed E-state index contributed by atoms with van der Waals surface area (Å²) in [6.07, 6.45) is 53.8. The van der Waals surface area contributed by atoms with E-state index in [0.717, 1.165) is 69.6 Å². The van der Waals surface area contributed by atoms with Crippen molar-refractivity contribution in [2.45, 2.75) is 330 Å². The van der Waals surface area contributed by atoms with Gasteiger partial charge in [0.1, 0.15) is 13.2 Å². The number of carbonyl (C=O) groups excluding carboxylic acids is 3. The summed E-state index contributed by atoms with van der Waals surface area (Å²) < 4.78 is 16.9. The van der Waals surface area contributed by atoms with Crippen molar-refractivity contribution in [2.75, 3.05) is 13.2 Å². The molecule has 0 saturated heterocycles. The second-order valence-electron chi connectivity index (χ2n) is 20.9. The maximum absolute atomic E-state index is 12.8. The number of ether oxygens (including phenoxy) is 3. The van der Waals surface area contributed by atoms with Gasteiger partial charge in [-0.25, -0.2) is 0 Å². The fraction of sp³-hybridized carbons (Fsp3) is 0.948. The van der Waals surface area contributed by atoms with Gasteiger partial charge >= 0.3 is 17.9 Å². The summed E-state index contributed by atoms with van der Waals surface area (Å²) >= 11 is 0. The molecule has 0 aliphatic heterocycles. The Bertz CT molecular complexity index is 978. The lowest BCUT2D eigenvalue weighted by Crippen LogP contribution is -2.30. The summed E-state index contributed by atoms with van der Waals surface area (Å²) in [5, 5.41) is 0. The first kappa shape index (κ1) is 62.4. The quantitative estimate of drug-likeness (QED) is 0.0344. The van der Waals surface area contributed by atoms with E-state index >= 15 is 0 Å². The first-order valence-corrected chi connectivity index (χ1v) is 28.7. The maximum atomic E-state index is 12.8. The molecule has 0 bridgehead atoms. The van der Waals surface area contributed by atoms with Gasteiger partial charge in [-0.3, -0.25) is 14.4 Å². The zero-order valence-electron chi connectivity index (χ0n) is 43.9. The number of rotatable bonds is 52. The van der Waals surface area contributed by atoms with Crippen molar-refractivity contribution in [3.63, 3.8) is 0 Å². The minimum Gasteiger partial charge on any atom is -0.462 e. The monoisotopic (exact) mass is 905 g/mol. The Hall–Kier alpha value is -1.59. The van der Waals surface area contributed by atoms with Crippen LogP contribution in [0.4, 0.5) is 0 Å². The Balaban J connectivity index is 4.30. The number of esters is 3. The van der Waals surface area contributed by atoms with Crippen LogP contribution >= 0.6 is 0 Å². The highest BCUT2D eigenvalue weighted by Crippen LogP contribution is 2.18. The Morgan fingerprint density at radius 3 is 0.766 bits per heavy atom. The van der Waals surface area contributed by atoms with Gasteiger partial charge in [-0.05, 0) is 31.1 Å². The second kappa shape index (κ2) is 50.8. The van der Waals surface area contributed by atoms with E-state index < -0.39 is 6.10 Å². The van der Waals surface area contributed by atoms with Gasteiger partial charge in [-0.2, -0.15) is 0 Å². The lowest BCUT2D eigenvalue weighted by molar-refractivity contribution is -0.167. The van der Waals surface area contributed by atoms with Crippen molar-refractivity contribution in [3.8, 4) is 0 Å². The van der Waals surface area contributed by atoms with E-state index in [1.165, 1.54) is 212 Å². The molecule has 0 aliphatic rings. The van der Waals surface area contributed by atoms with Crippen LogP contribution in [0, 0.1) is 11.8 Å². The normalized spacial score (nSPS) is 12.0. The lowest BCUT2D eigenvalue weighted by atomic mass is 10.0. The zero-order chi connectivity index (χ0) is 46.8. The maximum Gasteiger partial charge on any atom is 0.306 e. The van der Waals surface area contributed by atoms with E-state index in [4.69, 9.17) is 14.2 Å². The molecule has 0 spiro atoms. The zero-order valence-corrected chi connectivity index (χ0v) is 43.9. The molecule has 6 heteroatoms. The summed E-state index contributed by atoms with van der Waals surface area (Å²) in [5.74, 6) is 0.818. The molecule has 0 unspecified atom stereocenters. The molecule has 6 nitrogen and oxygen atoms in total. The van der Waals surface area contributed by atoms with E-state index in [9.17, 15) is 14.4 Å². The largest absolute Gasteiger partial charge is 0.462 e. The molecule has 0 aromatic carbocycles. The van der Waals surface area contributed by atoms with Crippen LogP contribution in [-0.4, -0.2) is 37.2 Å². The standard InChI is InChI=1S/C58H112O6/c1-6-7-8-9-10-11-12-13-14-15-16-19-23-30-35-40-45-50-58(61)64-55(52-63-57(60)49-44-39-34-29-25-24-27-32-37-42-47-54(4)5)51-62-56(59)48-43-38-33-28-22-20-17-18-21-26-31-36-41-46-53(2)3/h53-55H,6-52H2,1-5H3/t55-/m1/s1. The Morgan fingerprint density at radius 1 is 0.297 bits per heavy atom. The predicted molar refractivity (Wildman–Crippen MR) is 275 cm³/mol. The van der Waals surface area contributed by atoms with Gasteiger partial charge in [0.05, 0.1) is 0 Å². The van der Waals surface area contributed by atoms with E-state index in [1.807, 2.05) is 0 Å². The van der Waals surface area contributed by atoms with Gasteiger partial charge in [0, 0.05) is 19.3 Å². The van der Waals surface area contributed by atoms with Gasteiger partial charge in [0.2, 0.25) is 0 Å². The summed E-state index contributed by atoms with van der Waals surface area (Å²) in [6, 6.07) is 0. The number of unbranched alkanes of at least 4 members (excludes halogenated alkanes) is 37. The molecule has 0 aromatic heterocycles. The van der Waals surface area contributed by atoms with Gasteiger partial charge in [0.25, 0.3) is 0 Å². The molecule has 0 heterocycles. The van der Waals surface area contributed by atoms with Crippen LogP contribution in [0.5, 0.6) is 0 Å². The van der Waals surface area contributed by atoms with Crippen LogP contribution in [0.1, 0.15) is 324 Å². The summed E-state index contributed by atoms with van der Waals surface area (Å²) in [4.78, 5) is 38.1. The van der Waals surface area contributed by atoms with Crippen molar-refractivity contribution in [3.05, 3.63) is 0 Å². The molecule has 0 N–H and O–H groups in total. The van der Waals surface area contributed by atoms with Crippen LogP contribution in [-0.2, 0) is 28.6 Å².